The van der Waals surface area contributed by atoms with Crippen LogP contribution >= 0.6 is 15.9 Å². The Balaban J connectivity index is 1.65. The fourth-order valence-electron chi connectivity index (χ4n) is 4.66. The minimum atomic E-state index is -0.390. The summed E-state index contributed by atoms with van der Waals surface area (Å²) < 4.78 is 15.3. The Morgan fingerprint density at radius 3 is 2.70 bits per heavy atom. The molecule has 0 bridgehead atoms. The van der Waals surface area contributed by atoms with Gasteiger partial charge in [0.2, 0.25) is 5.95 Å². The molecule has 6 rings (SSSR count). The molecule has 0 aliphatic carbocycles. The fraction of sp³-hybridized carbons (Fsp3) is 0.154. The number of ether oxygens (including phenoxy) is 2. The van der Waals surface area contributed by atoms with Crippen molar-refractivity contribution in [1.29, 1.82) is 0 Å². The Hall–Kier alpha value is -3.58. The third-order valence-corrected chi connectivity index (χ3v) is 6.68. The Morgan fingerprint density at radius 2 is 1.88 bits per heavy atom. The highest BCUT2D eigenvalue weighted by Gasteiger charge is 2.41. The van der Waals surface area contributed by atoms with Crippen LogP contribution in [0, 0.1) is 6.92 Å². The molecule has 2 aliphatic heterocycles. The third kappa shape index (κ3) is 3.23. The molecule has 0 amide bonds. The molecule has 1 aromatic heterocycles. The van der Waals surface area contributed by atoms with Crippen molar-refractivity contribution in [2.45, 2.75) is 19.1 Å². The Bertz CT molecular complexity index is 1390. The number of halogens is 1. The molecule has 33 heavy (non-hydrogen) atoms. The maximum absolute atomic E-state index is 6.69. The van der Waals surface area contributed by atoms with E-state index in [1.54, 1.807) is 13.4 Å². The zero-order valence-electron chi connectivity index (χ0n) is 18.1. The number of aromatic nitrogens is 3. The number of hydrogen-bond donors (Lipinski definition) is 1. The highest BCUT2D eigenvalue weighted by molar-refractivity contribution is 9.10. The lowest BCUT2D eigenvalue weighted by Crippen LogP contribution is -2.32. The summed E-state index contributed by atoms with van der Waals surface area (Å²) in [6.07, 6.45) is 1.20. The van der Waals surface area contributed by atoms with Gasteiger partial charge in [0.05, 0.1) is 12.8 Å². The van der Waals surface area contributed by atoms with Crippen LogP contribution in [0.1, 0.15) is 34.4 Å². The van der Waals surface area contributed by atoms with E-state index in [4.69, 9.17) is 9.47 Å². The second-order valence-electron chi connectivity index (χ2n) is 8.18. The molecule has 3 aromatic carbocycles. The van der Waals surface area contributed by atoms with Crippen LogP contribution in [0.15, 0.2) is 83.1 Å². The quantitative estimate of drug-likeness (QED) is 0.378. The molecular formula is C26H21BrN4O2. The molecule has 0 spiro atoms. The van der Waals surface area contributed by atoms with E-state index >= 15 is 0 Å². The van der Waals surface area contributed by atoms with Crippen molar-refractivity contribution in [3.63, 3.8) is 0 Å². The number of anilines is 1. The van der Waals surface area contributed by atoms with Gasteiger partial charge >= 0.3 is 0 Å². The highest BCUT2D eigenvalue weighted by atomic mass is 79.9. The summed E-state index contributed by atoms with van der Waals surface area (Å²) in [6, 6.07) is 22.4. The van der Waals surface area contributed by atoms with E-state index in [0.717, 1.165) is 43.9 Å². The summed E-state index contributed by atoms with van der Waals surface area (Å²) in [4.78, 5) is 4.49. The number of fused-ring (bicyclic) bond motifs is 3. The Labute approximate surface area is 200 Å². The molecular weight excluding hydrogens is 480 g/mol. The number of benzene rings is 3. The number of methoxy groups -OCH3 is 1. The first-order valence-corrected chi connectivity index (χ1v) is 11.5. The maximum atomic E-state index is 6.69. The van der Waals surface area contributed by atoms with Crippen LogP contribution in [0.4, 0.5) is 5.95 Å². The number of aryl methyl sites for hydroxylation is 1. The number of nitrogens with one attached hydrogen (secondary N) is 1. The Kier molecular flexibility index (Phi) is 4.73. The van der Waals surface area contributed by atoms with Crippen LogP contribution in [0.5, 0.6) is 11.5 Å². The van der Waals surface area contributed by atoms with Crippen LogP contribution in [-0.4, -0.2) is 21.9 Å². The van der Waals surface area contributed by atoms with Gasteiger partial charge in [-0.3, -0.25) is 0 Å². The monoisotopic (exact) mass is 500 g/mol. The van der Waals surface area contributed by atoms with E-state index in [9.17, 15) is 0 Å². The van der Waals surface area contributed by atoms with Gasteiger partial charge < -0.3 is 14.8 Å². The lowest BCUT2D eigenvalue weighted by molar-refractivity contribution is 0.217. The first kappa shape index (κ1) is 20.1. The predicted octanol–water partition coefficient (Wildman–Crippen LogP) is 5.92. The fourth-order valence-corrected chi connectivity index (χ4v) is 5.03. The molecule has 7 heteroatoms. The highest BCUT2D eigenvalue weighted by Crippen LogP contribution is 2.52. The molecule has 0 radical (unpaired) electrons. The second kappa shape index (κ2) is 7.78. The molecule has 4 aromatic rings. The Morgan fingerprint density at radius 1 is 1.06 bits per heavy atom. The number of rotatable bonds is 3. The maximum Gasteiger partial charge on any atom is 0.226 e. The number of hydrogen-bond acceptors (Lipinski definition) is 5. The van der Waals surface area contributed by atoms with Crippen molar-refractivity contribution in [2.75, 3.05) is 12.4 Å². The summed E-state index contributed by atoms with van der Waals surface area (Å²) in [6.45, 7) is 2.09. The van der Waals surface area contributed by atoms with Crippen LogP contribution in [0.2, 0.25) is 0 Å². The van der Waals surface area contributed by atoms with E-state index in [0.29, 0.717) is 5.95 Å². The van der Waals surface area contributed by atoms with E-state index in [1.807, 2.05) is 35.0 Å². The molecule has 0 unspecified atom stereocenters. The van der Waals surface area contributed by atoms with Crippen LogP contribution in [-0.2, 0) is 0 Å². The third-order valence-electron chi connectivity index (χ3n) is 6.19. The standard InChI is InChI=1S/C26H21BrN4O2/c1-15-7-9-16(10-8-15)24-22-23(30-26-28-14-29-31(24)26)18-5-3-4-6-21(18)33-25(22)19-13-17(27)11-12-20(19)32-2/h3-14,24-25H,1-2H3,(H,28,29,30)/t24-,25+/m0/s1. The zero-order valence-corrected chi connectivity index (χ0v) is 19.7. The van der Waals surface area contributed by atoms with E-state index in [-0.39, 0.29) is 6.04 Å². The van der Waals surface area contributed by atoms with Crippen LogP contribution in [0.3, 0.4) is 0 Å². The SMILES string of the molecule is COc1ccc(Br)cc1[C@H]1Oc2ccccc2C2=C1[C@H](c1ccc(C)cc1)n1ncnc1N2. The summed E-state index contributed by atoms with van der Waals surface area (Å²) in [5.74, 6) is 2.28. The molecule has 0 saturated carbocycles. The van der Waals surface area contributed by atoms with Crippen molar-refractivity contribution in [3.8, 4) is 11.5 Å². The van der Waals surface area contributed by atoms with Gasteiger partial charge in [-0.15, -0.1) is 0 Å². The van der Waals surface area contributed by atoms with Gasteiger partial charge in [0, 0.05) is 21.2 Å². The lowest BCUT2D eigenvalue weighted by atomic mass is 9.84. The van der Waals surface area contributed by atoms with Crippen molar-refractivity contribution < 1.29 is 9.47 Å². The smallest absolute Gasteiger partial charge is 0.226 e. The van der Waals surface area contributed by atoms with Gasteiger partial charge in [0.1, 0.15) is 23.9 Å². The molecule has 2 atom stereocenters. The number of nitrogens with zero attached hydrogens (tertiary/aromatic N) is 3. The minimum absolute atomic E-state index is 0.193. The number of para-hydroxylation sites is 1. The first-order valence-electron chi connectivity index (χ1n) is 10.7. The first-order chi connectivity index (χ1) is 16.1. The average molecular weight is 501 g/mol. The summed E-state index contributed by atoms with van der Waals surface area (Å²) in [5, 5.41) is 8.12. The van der Waals surface area contributed by atoms with Crippen molar-refractivity contribution >= 4 is 27.6 Å². The van der Waals surface area contributed by atoms with Gasteiger partial charge in [-0.05, 0) is 42.8 Å². The summed E-state index contributed by atoms with van der Waals surface area (Å²) in [7, 11) is 1.69. The zero-order chi connectivity index (χ0) is 22.5. The van der Waals surface area contributed by atoms with Gasteiger partial charge in [0.25, 0.3) is 0 Å². The molecule has 1 N–H and O–H groups in total. The van der Waals surface area contributed by atoms with Crippen LogP contribution < -0.4 is 14.8 Å². The van der Waals surface area contributed by atoms with Gasteiger partial charge in [-0.1, -0.05) is 57.9 Å². The molecule has 164 valence electrons. The van der Waals surface area contributed by atoms with Crippen molar-refractivity contribution in [3.05, 3.63) is 105 Å². The van der Waals surface area contributed by atoms with E-state index in [1.165, 1.54) is 5.56 Å². The lowest BCUT2D eigenvalue weighted by Gasteiger charge is -2.39. The van der Waals surface area contributed by atoms with E-state index < -0.39 is 6.10 Å². The van der Waals surface area contributed by atoms with Crippen molar-refractivity contribution in [2.24, 2.45) is 0 Å². The largest absolute Gasteiger partial charge is 0.496 e. The predicted molar refractivity (Wildman–Crippen MR) is 130 cm³/mol. The molecule has 0 saturated heterocycles. The average Bonchev–Trinajstić information content (AvgIpc) is 3.31. The summed E-state index contributed by atoms with van der Waals surface area (Å²) in [5.41, 5.74) is 6.32. The molecule has 3 heterocycles. The van der Waals surface area contributed by atoms with E-state index in [2.05, 4.69) is 74.7 Å². The normalized spacial score (nSPS) is 18.5. The second-order valence-corrected chi connectivity index (χ2v) is 9.09. The van der Waals surface area contributed by atoms with Gasteiger partial charge in [-0.2, -0.15) is 10.1 Å². The minimum Gasteiger partial charge on any atom is -0.496 e. The summed E-state index contributed by atoms with van der Waals surface area (Å²) >= 11 is 3.63. The topological polar surface area (TPSA) is 61.2 Å². The molecule has 0 fully saturated rings. The molecule has 6 nitrogen and oxygen atoms in total. The van der Waals surface area contributed by atoms with Crippen molar-refractivity contribution in [1.82, 2.24) is 14.8 Å². The van der Waals surface area contributed by atoms with Gasteiger partial charge in [-0.25, -0.2) is 4.68 Å². The molecule has 2 aliphatic rings. The van der Waals surface area contributed by atoms with Gasteiger partial charge in [0.15, 0.2) is 6.10 Å². The van der Waals surface area contributed by atoms with Crippen LogP contribution in [0.25, 0.3) is 5.70 Å².